The molecule has 1 aromatic heterocycles. The molecular formula is C11H9F2N3OS. The van der Waals surface area contributed by atoms with Crippen LogP contribution in [0.4, 0.5) is 14.5 Å². The van der Waals surface area contributed by atoms with Gasteiger partial charge in [0.15, 0.2) is 0 Å². The van der Waals surface area contributed by atoms with Gasteiger partial charge in [-0.15, -0.1) is 5.10 Å². The smallest absolute Gasteiger partial charge is 0.269 e. The highest BCUT2D eigenvalue weighted by Crippen LogP contribution is 2.17. The van der Waals surface area contributed by atoms with Crippen LogP contribution in [0.1, 0.15) is 22.3 Å². The van der Waals surface area contributed by atoms with Crippen molar-refractivity contribution in [2.75, 3.05) is 5.32 Å². The molecule has 18 heavy (non-hydrogen) atoms. The molecule has 7 heteroatoms. The van der Waals surface area contributed by atoms with Gasteiger partial charge in [-0.1, -0.05) is 11.4 Å². The Morgan fingerprint density at radius 3 is 2.61 bits per heavy atom. The molecule has 1 heterocycles. The van der Waals surface area contributed by atoms with E-state index in [9.17, 15) is 13.6 Å². The highest BCUT2D eigenvalue weighted by molar-refractivity contribution is 7.08. The molecule has 0 aliphatic rings. The molecule has 0 saturated heterocycles. The van der Waals surface area contributed by atoms with E-state index in [2.05, 4.69) is 14.9 Å². The molecule has 0 bridgehead atoms. The highest BCUT2D eigenvalue weighted by Gasteiger charge is 2.15. The van der Waals surface area contributed by atoms with Gasteiger partial charge in [-0.2, -0.15) is 0 Å². The lowest BCUT2D eigenvalue weighted by Crippen LogP contribution is -2.12. The highest BCUT2D eigenvalue weighted by atomic mass is 32.1. The Morgan fingerprint density at radius 1 is 1.33 bits per heavy atom. The lowest BCUT2D eigenvalue weighted by Gasteiger charge is -2.04. The summed E-state index contributed by atoms with van der Waals surface area (Å²) in [5, 5.41) is 6.20. The quantitative estimate of drug-likeness (QED) is 0.932. The van der Waals surface area contributed by atoms with Crippen LogP contribution in [0.3, 0.4) is 0 Å². The molecule has 0 unspecified atom stereocenters. The summed E-state index contributed by atoms with van der Waals surface area (Å²) < 4.78 is 29.6. The van der Waals surface area contributed by atoms with E-state index in [4.69, 9.17) is 0 Å². The Morgan fingerprint density at radius 2 is 2.00 bits per heavy atom. The molecule has 0 spiro atoms. The summed E-state index contributed by atoms with van der Waals surface area (Å²) in [5.41, 5.74) is 0.627. The van der Waals surface area contributed by atoms with E-state index in [-0.39, 0.29) is 5.69 Å². The second kappa shape index (κ2) is 5.18. The average Bonchev–Trinajstić information content (AvgIpc) is 2.75. The minimum atomic E-state index is -0.747. The number of halogens is 2. The van der Waals surface area contributed by atoms with Gasteiger partial charge in [0.1, 0.15) is 16.5 Å². The van der Waals surface area contributed by atoms with Crippen molar-refractivity contribution < 1.29 is 13.6 Å². The Hall–Kier alpha value is -1.89. The number of carbonyl (C=O) groups is 1. The fourth-order valence-electron chi connectivity index (χ4n) is 1.43. The van der Waals surface area contributed by atoms with Crippen LogP contribution >= 0.6 is 11.5 Å². The van der Waals surface area contributed by atoms with Gasteiger partial charge < -0.3 is 5.32 Å². The van der Waals surface area contributed by atoms with Crippen molar-refractivity contribution in [2.24, 2.45) is 0 Å². The molecule has 94 valence electrons. The van der Waals surface area contributed by atoms with Gasteiger partial charge in [-0.05, 0) is 30.1 Å². The third-order valence-electron chi connectivity index (χ3n) is 2.22. The summed E-state index contributed by atoms with van der Waals surface area (Å²) in [5.74, 6) is -1.96. The van der Waals surface area contributed by atoms with Crippen molar-refractivity contribution >= 4 is 23.1 Å². The monoisotopic (exact) mass is 269 g/mol. The lowest BCUT2D eigenvalue weighted by molar-refractivity contribution is 0.102. The van der Waals surface area contributed by atoms with Crippen molar-refractivity contribution in [3.8, 4) is 0 Å². The molecule has 1 aromatic carbocycles. The largest absolute Gasteiger partial charge is 0.321 e. The summed E-state index contributed by atoms with van der Waals surface area (Å²) in [6, 6.07) is 2.82. The van der Waals surface area contributed by atoms with Gasteiger partial charge in [0.25, 0.3) is 5.91 Å². The topological polar surface area (TPSA) is 54.9 Å². The van der Waals surface area contributed by atoms with E-state index >= 15 is 0 Å². The Labute approximate surface area is 106 Å². The number of hydrogen-bond donors (Lipinski definition) is 1. The van der Waals surface area contributed by atoms with Crippen LogP contribution in [0.5, 0.6) is 0 Å². The van der Waals surface area contributed by atoms with E-state index < -0.39 is 17.5 Å². The molecule has 0 aliphatic carbocycles. The molecule has 1 N–H and O–H groups in total. The third kappa shape index (κ3) is 2.67. The summed E-state index contributed by atoms with van der Waals surface area (Å²) in [7, 11) is 0. The standard InChI is InChI=1S/C11H9F2N3OS/c1-2-9-10(18-16-15-9)11(17)14-8-4-6(12)3-7(13)5-8/h3-5H,2H2,1H3,(H,14,17). The second-order valence-corrected chi connectivity index (χ2v) is 4.27. The number of benzene rings is 1. The van der Waals surface area contributed by atoms with Crippen molar-refractivity contribution in [1.82, 2.24) is 9.59 Å². The Bertz CT molecular complexity index is 565. The summed E-state index contributed by atoms with van der Waals surface area (Å²) >= 11 is 0.949. The molecule has 2 rings (SSSR count). The molecule has 0 saturated carbocycles. The van der Waals surface area contributed by atoms with Crippen LogP contribution in [0.2, 0.25) is 0 Å². The molecule has 0 fully saturated rings. The molecule has 0 radical (unpaired) electrons. The average molecular weight is 269 g/mol. The number of aromatic nitrogens is 2. The number of anilines is 1. The van der Waals surface area contributed by atoms with Crippen LogP contribution in [-0.2, 0) is 6.42 Å². The molecular weight excluding hydrogens is 260 g/mol. The minimum Gasteiger partial charge on any atom is -0.321 e. The number of nitrogens with zero attached hydrogens (tertiary/aromatic N) is 2. The van der Waals surface area contributed by atoms with Gasteiger partial charge >= 0.3 is 0 Å². The number of aryl methyl sites for hydroxylation is 1. The number of rotatable bonds is 3. The number of amides is 1. The minimum absolute atomic E-state index is 0.0629. The van der Waals surface area contributed by atoms with E-state index in [0.29, 0.717) is 17.0 Å². The molecule has 0 atom stereocenters. The summed E-state index contributed by atoms with van der Waals surface area (Å²) in [6.07, 6.45) is 0.566. The van der Waals surface area contributed by atoms with Crippen LogP contribution in [-0.4, -0.2) is 15.5 Å². The van der Waals surface area contributed by atoms with Gasteiger partial charge in [0, 0.05) is 11.8 Å². The van der Waals surface area contributed by atoms with Crippen LogP contribution in [0.15, 0.2) is 18.2 Å². The first-order valence-corrected chi connectivity index (χ1v) is 5.96. The van der Waals surface area contributed by atoms with Gasteiger partial charge in [0.05, 0.1) is 5.69 Å². The number of hydrogen-bond acceptors (Lipinski definition) is 4. The van der Waals surface area contributed by atoms with Crippen molar-refractivity contribution in [3.05, 3.63) is 40.4 Å². The van der Waals surface area contributed by atoms with Crippen LogP contribution in [0.25, 0.3) is 0 Å². The van der Waals surface area contributed by atoms with Crippen molar-refractivity contribution in [3.63, 3.8) is 0 Å². The third-order valence-corrected chi connectivity index (χ3v) is 2.98. The maximum atomic E-state index is 13.0. The second-order valence-electron chi connectivity index (χ2n) is 3.51. The van der Waals surface area contributed by atoms with E-state index in [1.807, 2.05) is 6.92 Å². The SMILES string of the molecule is CCc1nnsc1C(=O)Nc1cc(F)cc(F)c1. The Balaban J connectivity index is 2.21. The van der Waals surface area contributed by atoms with Crippen LogP contribution < -0.4 is 5.32 Å². The first kappa shape index (κ1) is 12.6. The van der Waals surface area contributed by atoms with Gasteiger partial charge in [-0.25, -0.2) is 8.78 Å². The predicted molar refractivity (Wildman–Crippen MR) is 63.6 cm³/mol. The molecule has 1 amide bonds. The van der Waals surface area contributed by atoms with Gasteiger partial charge in [0.2, 0.25) is 0 Å². The van der Waals surface area contributed by atoms with Crippen LogP contribution in [0, 0.1) is 11.6 Å². The zero-order valence-corrected chi connectivity index (χ0v) is 10.2. The zero-order valence-electron chi connectivity index (χ0n) is 9.41. The van der Waals surface area contributed by atoms with E-state index in [1.54, 1.807) is 0 Å². The predicted octanol–water partition coefficient (Wildman–Crippen LogP) is 2.63. The molecule has 4 nitrogen and oxygen atoms in total. The zero-order chi connectivity index (χ0) is 13.1. The van der Waals surface area contributed by atoms with Crippen molar-refractivity contribution in [1.29, 1.82) is 0 Å². The van der Waals surface area contributed by atoms with E-state index in [1.165, 1.54) is 0 Å². The summed E-state index contributed by atoms with van der Waals surface area (Å²) in [6.45, 7) is 1.84. The van der Waals surface area contributed by atoms with E-state index in [0.717, 1.165) is 29.7 Å². The number of nitrogens with one attached hydrogen (secondary N) is 1. The van der Waals surface area contributed by atoms with Crippen molar-refractivity contribution in [2.45, 2.75) is 13.3 Å². The first-order valence-electron chi connectivity index (χ1n) is 5.19. The fraction of sp³-hybridized carbons (Fsp3) is 0.182. The Kier molecular flexibility index (Phi) is 3.61. The normalized spacial score (nSPS) is 10.4. The molecule has 0 aliphatic heterocycles. The van der Waals surface area contributed by atoms with Gasteiger partial charge in [-0.3, -0.25) is 4.79 Å². The first-order chi connectivity index (χ1) is 8.60. The maximum absolute atomic E-state index is 13.0. The summed E-state index contributed by atoms with van der Waals surface area (Å²) in [4.78, 5) is 12.2. The number of carbonyl (C=O) groups excluding carboxylic acids is 1. The fourth-order valence-corrected chi connectivity index (χ4v) is 2.07. The maximum Gasteiger partial charge on any atom is 0.269 e. The molecule has 2 aromatic rings. The lowest BCUT2D eigenvalue weighted by atomic mass is 10.2.